The molecule has 11 heavy (non-hydrogen) atoms. The highest BCUT2D eigenvalue weighted by Gasteiger charge is 2.00. The molecule has 0 aromatic rings. The molecule has 0 aliphatic heterocycles. The minimum atomic E-state index is -0.366. The quantitative estimate of drug-likeness (QED) is 0.453. The van der Waals surface area contributed by atoms with Gasteiger partial charge in [0.05, 0.1) is 13.5 Å². The average Bonchev–Trinajstić information content (AvgIpc) is 1.97. The first-order chi connectivity index (χ1) is 5.16. The summed E-state index contributed by atoms with van der Waals surface area (Å²) in [5, 5.41) is 0. The minimum Gasteiger partial charge on any atom is -0.469 e. The number of unbranched alkanes of at least 4 members (excludes halogenated alkanes) is 1. The molecule has 0 aliphatic carbocycles. The highest BCUT2D eigenvalue weighted by Crippen LogP contribution is 1.98. The molecule has 1 radical (unpaired) electrons. The van der Waals surface area contributed by atoms with Gasteiger partial charge in [-0.2, -0.15) is 0 Å². The van der Waals surface area contributed by atoms with E-state index >= 15 is 0 Å². The topological polar surface area (TPSA) is 69.4 Å². The van der Waals surface area contributed by atoms with E-state index in [0.29, 0.717) is 19.3 Å². The predicted molar refractivity (Wildman–Crippen MR) is 39.4 cm³/mol. The number of ether oxygens (including phenoxy) is 1. The molecule has 0 saturated carbocycles. The Morgan fingerprint density at radius 2 is 2.18 bits per heavy atom. The first-order valence-corrected chi connectivity index (χ1v) is 3.36. The standard InChI is InChI=1S/C7H12NO3/c1-11-7(10)5-3-2-4-6(8)9/h5H,2-4H2,1H3,(H2,8,9). The molecule has 0 bridgehead atoms. The second-order valence-corrected chi connectivity index (χ2v) is 2.09. The van der Waals surface area contributed by atoms with Crippen LogP contribution in [0.2, 0.25) is 0 Å². The fraction of sp³-hybridized carbons (Fsp3) is 0.571. The van der Waals surface area contributed by atoms with Crippen molar-refractivity contribution < 1.29 is 14.3 Å². The smallest absolute Gasteiger partial charge is 0.309 e. The third-order valence-electron chi connectivity index (χ3n) is 1.14. The molecule has 0 rings (SSSR count). The van der Waals surface area contributed by atoms with Gasteiger partial charge in [0.15, 0.2) is 0 Å². The van der Waals surface area contributed by atoms with Gasteiger partial charge in [-0.25, -0.2) is 0 Å². The summed E-state index contributed by atoms with van der Waals surface area (Å²) in [6.07, 6.45) is 2.84. The summed E-state index contributed by atoms with van der Waals surface area (Å²) in [6, 6.07) is 0. The van der Waals surface area contributed by atoms with E-state index in [9.17, 15) is 9.59 Å². The van der Waals surface area contributed by atoms with Crippen LogP contribution in [0.25, 0.3) is 0 Å². The average molecular weight is 158 g/mol. The van der Waals surface area contributed by atoms with E-state index < -0.39 is 0 Å². The maximum Gasteiger partial charge on any atom is 0.309 e. The van der Waals surface area contributed by atoms with E-state index in [4.69, 9.17) is 5.73 Å². The van der Waals surface area contributed by atoms with E-state index in [1.54, 1.807) is 0 Å². The zero-order valence-electron chi connectivity index (χ0n) is 6.50. The van der Waals surface area contributed by atoms with Crippen molar-refractivity contribution in [3.05, 3.63) is 6.42 Å². The molecule has 0 aromatic heterocycles. The van der Waals surface area contributed by atoms with Gasteiger partial charge in [0.1, 0.15) is 0 Å². The van der Waals surface area contributed by atoms with Gasteiger partial charge >= 0.3 is 5.97 Å². The summed E-state index contributed by atoms with van der Waals surface area (Å²) in [5.41, 5.74) is 4.87. The van der Waals surface area contributed by atoms with Crippen molar-refractivity contribution in [3.63, 3.8) is 0 Å². The fourth-order valence-corrected chi connectivity index (χ4v) is 0.580. The molecule has 0 fully saturated rings. The van der Waals surface area contributed by atoms with E-state index in [0.717, 1.165) is 0 Å². The number of nitrogens with two attached hydrogens (primary N) is 1. The molecule has 0 unspecified atom stereocenters. The Hall–Kier alpha value is -1.06. The number of esters is 1. The number of carbonyl (C=O) groups excluding carboxylic acids is 2. The van der Waals surface area contributed by atoms with Gasteiger partial charge in [0.2, 0.25) is 5.91 Å². The van der Waals surface area contributed by atoms with Gasteiger partial charge in [-0.3, -0.25) is 9.59 Å². The van der Waals surface area contributed by atoms with Crippen molar-refractivity contribution in [1.29, 1.82) is 0 Å². The number of methoxy groups -OCH3 is 1. The van der Waals surface area contributed by atoms with Crippen LogP contribution in [-0.4, -0.2) is 19.0 Å². The van der Waals surface area contributed by atoms with Crippen LogP contribution in [0.15, 0.2) is 0 Å². The summed E-state index contributed by atoms with van der Waals surface area (Å²) < 4.78 is 4.35. The maximum atomic E-state index is 10.5. The lowest BCUT2D eigenvalue weighted by Crippen LogP contribution is -2.10. The Morgan fingerprint density at radius 3 is 2.64 bits per heavy atom. The van der Waals surface area contributed by atoms with Gasteiger partial charge < -0.3 is 10.5 Å². The van der Waals surface area contributed by atoms with E-state index in [-0.39, 0.29) is 11.9 Å². The minimum absolute atomic E-state index is 0.313. The molecular weight excluding hydrogens is 146 g/mol. The lowest BCUT2D eigenvalue weighted by atomic mass is 10.2. The molecule has 0 aliphatic rings. The van der Waals surface area contributed by atoms with Crippen LogP contribution in [0.3, 0.4) is 0 Å². The number of hydrogen-bond donors (Lipinski definition) is 1. The predicted octanol–water partition coefficient (Wildman–Crippen LogP) is 0.0193. The summed E-state index contributed by atoms with van der Waals surface area (Å²) in [7, 11) is 1.31. The highest BCUT2D eigenvalue weighted by atomic mass is 16.5. The van der Waals surface area contributed by atoms with Crippen LogP contribution in [0.5, 0.6) is 0 Å². The lowest BCUT2D eigenvalue weighted by Gasteiger charge is -1.96. The Bertz CT molecular complexity index is 145. The molecule has 0 aromatic carbocycles. The van der Waals surface area contributed by atoms with Crippen LogP contribution in [-0.2, 0) is 14.3 Å². The van der Waals surface area contributed by atoms with Crippen LogP contribution in [0.4, 0.5) is 0 Å². The second-order valence-electron chi connectivity index (χ2n) is 2.09. The third-order valence-corrected chi connectivity index (χ3v) is 1.14. The number of carbonyl (C=O) groups is 2. The SMILES string of the molecule is COC(=O)[CH]CCCC(N)=O. The largest absolute Gasteiger partial charge is 0.469 e. The van der Waals surface area contributed by atoms with E-state index in [1.165, 1.54) is 13.5 Å². The molecule has 4 heteroatoms. The van der Waals surface area contributed by atoms with E-state index in [1.807, 2.05) is 0 Å². The molecule has 0 saturated heterocycles. The summed E-state index contributed by atoms with van der Waals surface area (Å²) in [5.74, 6) is -0.710. The Kier molecular flexibility index (Phi) is 5.15. The number of rotatable bonds is 5. The van der Waals surface area contributed by atoms with Crippen molar-refractivity contribution in [3.8, 4) is 0 Å². The first-order valence-electron chi connectivity index (χ1n) is 3.36. The number of amides is 1. The molecule has 0 spiro atoms. The highest BCUT2D eigenvalue weighted by molar-refractivity contribution is 5.78. The third kappa shape index (κ3) is 6.83. The fourth-order valence-electron chi connectivity index (χ4n) is 0.580. The van der Waals surface area contributed by atoms with Crippen molar-refractivity contribution in [2.75, 3.05) is 7.11 Å². The molecule has 0 heterocycles. The molecule has 1 amide bonds. The van der Waals surface area contributed by atoms with Crippen molar-refractivity contribution in [2.24, 2.45) is 5.73 Å². The normalized spacial score (nSPS) is 9.18. The first kappa shape index (κ1) is 9.94. The summed E-state index contributed by atoms with van der Waals surface area (Å²) in [4.78, 5) is 20.7. The monoisotopic (exact) mass is 158 g/mol. The zero-order chi connectivity index (χ0) is 8.69. The zero-order valence-corrected chi connectivity index (χ0v) is 6.50. The molecule has 63 valence electrons. The van der Waals surface area contributed by atoms with E-state index in [2.05, 4.69) is 4.74 Å². The Labute approximate surface area is 65.7 Å². The van der Waals surface area contributed by atoms with Crippen LogP contribution < -0.4 is 5.73 Å². The van der Waals surface area contributed by atoms with Gasteiger partial charge in [-0.15, -0.1) is 0 Å². The molecule has 2 N–H and O–H groups in total. The van der Waals surface area contributed by atoms with Crippen molar-refractivity contribution >= 4 is 11.9 Å². The van der Waals surface area contributed by atoms with Crippen LogP contribution in [0, 0.1) is 6.42 Å². The summed E-state index contributed by atoms with van der Waals surface area (Å²) >= 11 is 0. The van der Waals surface area contributed by atoms with Gasteiger partial charge in [-0.05, 0) is 12.8 Å². The Morgan fingerprint density at radius 1 is 1.55 bits per heavy atom. The molecule has 0 atom stereocenters. The molecule has 4 nitrogen and oxygen atoms in total. The maximum absolute atomic E-state index is 10.5. The number of primary amides is 1. The summed E-state index contributed by atoms with van der Waals surface area (Å²) in [6.45, 7) is 0. The second kappa shape index (κ2) is 5.70. The van der Waals surface area contributed by atoms with Gasteiger partial charge in [0, 0.05) is 6.42 Å². The lowest BCUT2D eigenvalue weighted by molar-refractivity contribution is -0.136. The van der Waals surface area contributed by atoms with Gasteiger partial charge in [-0.1, -0.05) is 0 Å². The van der Waals surface area contributed by atoms with Crippen LogP contribution in [0.1, 0.15) is 19.3 Å². The number of hydrogen-bond acceptors (Lipinski definition) is 3. The van der Waals surface area contributed by atoms with Crippen molar-refractivity contribution in [1.82, 2.24) is 0 Å². The Balaban J connectivity index is 3.14. The van der Waals surface area contributed by atoms with Gasteiger partial charge in [0.25, 0.3) is 0 Å². The van der Waals surface area contributed by atoms with Crippen molar-refractivity contribution in [2.45, 2.75) is 19.3 Å². The van der Waals surface area contributed by atoms with Crippen LogP contribution >= 0.6 is 0 Å². The molecular formula is C7H12NO3.